The van der Waals surface area contributed by atoms with Gasteiger partial charge in [-0.2, -0.15) is 5.10 Å². The zero-order chi connectivity index (χ0) is 14.8. The van der Waals surface area contributed by atoms with E-state index < -0.39 is 0 Å². The smallest absolute Gasteiger partial charge is 0.258 e. The van der Waals surface area contributed by atoms with Gasteiger partial charge in [0, 0.05) is 13.1 Å². The molecule has 2 aromatic rings. The molecule has 1 aliphatic heterocycles. The first-order valence-corrected chi connectivity index (χ1v) is 7.66. The Morgan fingerprint density at radius 2 is 1.81 bits per heavy atom. The third-order valence-corrected chi connectivity index (χ3v) is 4.21. The van der Waals surface area contributed by atoms with Gasteiger partial charge in [-0.25, -0.2) is 4.68 Å². The molecule has 1 fully saturated rings. The highest BCUT2D eigenvalue weighted by molar-refractivity contribution is 6.33. The largest absolute Gasteiger partial charge is 0.338 e. The van der Waals surface area contributed by atoms with Crippen LogP contribution >= 0.6 is 11.6 Å². The van der Waals surface area contributed by atoms with E-state index in [4.69, 9.17) is 11.6 Å². The predicted molar refractivity (Wildman–Crippen MR) is 83.1 cm³/mol. The topological polar surface area (TPSA) is 38.1 Å². The molecular formula is C16H18ClN3O. The average molecular weight is 304 g/mol. The van der Waals surface area contributed by atoms with Crippen LogP contribution in [0.15, 0.2) is 30.3 Å². The number of benzene rings is 1. The second-order valence-corrected chi connectivity index (χ2v) is 5.71. The van der Waals surface area contributed by atoms with Gasteiger partial charge in [0.15, 0.2) is 0 Å². The summed E-state index contributed by atoms with van der Waals surface area (Å²) in [5.74, 6) is -0.000573. The minimum atomic E-state index is -0.000573. The van der Waals surface area contributed by atoms with Crippen molar-refractivity contribution in [2.24, 2.45) is 0 Å². The number of likely N-dealkylation sites (tertiary alicyclic amines) is 1. The SMILES string of the molecule is Cc1nn(-c2ccccc2)c(Cl)c1C(=O)N1CCCCC1. The number of carbonyl (C=O) groups is 1. The fourth-order valence-electron chi connectivity index (χ4n) is 2.74. The van der Waals surface area contributed by atoms with E-state index in [1.165, 1.54) is 6.42 Å². The number of halogens is 1. The van der Waals surface area contributed by atoms with E-state index in [0.717, 1.165) is 31.6 Å². The van der Waals surface area contributed by atoms with Crippen molar-refractivity contribution in [1.29, 1.82) is 0 Å². The monoisotopic (exact) mass is 303 g/mol. The summed E-state index contributed by atoms with van der Waals surface area (Å²) >= 11 is 6.43. The molecule has 2 heterocycles. The van der Waals surface area contributed by atoms with Crippen LogP contribution in [-0.4, -0.2) is 33.7 Å². The Bertz CT molecular complexity index is 645. The van der Waals surface area contributed by atoms with Crippen LogP contribution in [0.2, 0.25) is 5.15 Å². The molecule has 0 radical (unpaired) electrons. The lowest BCUT2D eigenvalue weighted by molar-refractivity contribution is 0.0724. The summed E-state index contributed by atoms with van der Waals surface area (Å²) in [4.78, 5) is 14.6. The summed E-state index contributed by atoms with van der Waals surface area (Å²) in [6, 6.07) is 9.64. The highest BCUT2D eigenvalue weighted by Crippen LogP contribution is 2.25. The van der Waals surface area contributed by atoms with Crippen LogP contribution in [0, 0.1) is 6.92 Å². The first-order valence-electron chi connectivity index (χ1n) is 7.28. The molecule has 0 spiro atoms. The summed E-state index contributed by atoms with van der Waals surface area (Å²) in [6.07, 6.45) is 3.32. The van der Waals surface area contributed by atoms with Crippen molar-refractivity contribution in [1.82, 2.24) is 14.7 Å². The van der Waals surface area contributed by atoms with Gasteiger partial charge in [0.1, 0.15) is 5.15 Å². The summed E-state index contributed by atoms with van der Waals surface area (Å²) < 4.78 is 1.63. The van der Waals surface area contributed by atoms with Gasteiger partial charge in [0.25, 0.3) is 5.91 Å². The Morgan fingerprint density at radius 1 is 1.14 bits per heavy atom. The zero-order valence-corrected chi connectivity index (χ0v) is 12.8. The van der Waals surface area contributed by atoms with Gasteiger partial charge in [0.2, 0.25) is 0 Å². The van der Waals surface area contributed by atoms with Crippen LogP contribution < -0.4 is 0 Å². The first kappa shape index (κ1) is 14.1. The predicted octanol–water partition coefficient (Wildman–Crippen LogP) is 3.46. The first-order chi connectivity index (χ1) is 10.2. The molecule has 0 N–H and O–H groups in total. The maximum absolute atomic E-state index is 12.7. The van der Waals surface area contributed by atoms with E-state index in [-0.39, 0.29) is 5.91 Å². The van der Waals surface area contributed by atoms with Crippen molar-refractivity contribution in [3.63, 3.8) is 0 Å². The normalized spacial score (nSPS) is 15.2. The van der Waals surface area contributed by atoms with Gasteiger partial charge in [-0.1, -0.05) is 29.8 Å². The van der Waals surface area contributed by atoms with Crippen molar-refractivity contribution in [3.05, 3.63) is 46.7 Å². The highest BCUT2D eigenvalue weighted by Gasteiger charge is 2.26. The van der Waals surface area contributed by atoms with Crippen LogP contribution in [0.1, 0.15) is 35.3 Å². The van der Waals surface area contributed by atoms with Gasteiger partial charge in [-0.05, 0) is 38.3 Å². The minimum Gasteiger partial charge on any atom is -0.338 e. The van der Waals surface area contributed by atoms with Crippen molar-refractivity contribution in [3.8, 4) is 5.69 Å². The molecule has 5 heteroatoms. The fourth-order valence-corrected chi connectivity index (χ4v) is 3.09. The molecule has 0 aliphatic carbocycles. The van der Waals surface area contributed by atoms with E-state index in [1.54, 1.807) is 4.68 Å². The lowest BCUT2D eigenvalue weighted by Gasteiger charge is -2.26. The number of aryl methyl sites for hydroxylation is 1. The Labute approximate surface area is 129 Å². The van der Waals surface area contributed by atoms with Gasteiger partial charge in [0.05, 0.1) is 16.9 Å². The van der Waals surface area contributed by atoms with Crippen molar-refractivity contribution in [2.75, 3.05) is 13.1 Å². The molecule has 1 amide bonds. The van der Waals surface area contributed by atoms with Gasteiger partial charge in [-0.15, -0.1) is 0 Å². The van der Waals surface area contributed by atoms with Crippen molar-refractivity contribution < 1.29 is 4.79 Å². The third-order valence-electron chi connectivity index (χ3n) is 3.86. The Balaban J connectivity index is 1.96. The third kappa shape index (κ3) is 2.68. The molecule has 0 bridgehead atoms. The molecule has 1 aromatic heterocycles. The number of nitrogens with zero attached hydrogens (tertiary/aromatic N) is 3. The summed E-state index contributed by atoms with van der Waals surface area (Å²) in [5, 5.41) is 4.83. The summed E-state index contributed by atoms with van der Waals surface area (Å²) in [7, 11) is 0. The standard InChI is InChI=1S/C16H18ClN3O/c1-12-14(16(21)19-10-6-3-7-11-19)15(17)20(18-12)13-8-4-2-5-9-13/h2,4-5,8-9H,3,6-7,10-11H2,1H3. The Morgan fingerprint density at radius 3 is 2.48 bits per heavy atom. The molecule has 1 saturated heterocycles. The van der Waals surface area contributed by atoms with Crippen LogP contribution in [0.5, 0.6) is 0 Å². The number of carbonyl (C=O) groups excluding carboxylic acids is 1. The van der Waals surface area contributed by atoms with Crippen molar-refractivity contribution in [2.45, 2.75) is 26.2 Å². The van der Waals surface area contributed by atoms with Crippen LogP contribution in [0.25, 0.3) is 5.69 Å². The molecule has 4 nitrogen and oxygen atoms in total. The summed E-state index contributed by atoms with van der Waals surface area (Å²) in [6.45, 7) is 3.46. The second kappa shape index (κ2) is 5.90. The maximum atomic E-state index is 12.7. The Hall–Kier alpha value is -1.81. The highest BCUT2D eigenvalue weighted by atomic mass is 35.5. The molecule has 21 heavy (non-hydrogen) atoms. The van der Waals surface area contributed by atoms with Crippen LogP contribution in [0.3, 0.4) is 0 Å². The number of hydrogen-bond acceptors (Lipinski definition) is 2. The number of hydrogen-bond donors (Lipinski definition) is 0. The van der Waals surface area contributed by atoms with E-state index in [1.807, 2.05) is 42.2 Å². The second-order valence-electron chi connectivity index (χ2n) is 5.35. The quantitative estimate of drug-likeness (QED) is 0.852. The molecule has 0 atom stereocenters. The number of rotatable bonds is 2. The number of para-hydroxylation sites is 1. The molecule has 0 unspecified atom stereocenters. The van der Waals surface area contributed by atoms with Gasteiger partial charge >= 0.3 is 0 Å². The van der Waals surface area contributed by atoms with E-state index in [2.05, 4.69) is 5.10 Å². The Kier molecular flexibility index (Phi) is 3.97. The average Bonchev–Trinajstić information content (AvgIpc) is 2.83. The lowest BCUT2D eigenvalue weighted by atomic mass is 10.1. The molecule has 0 saturated carbocycles. The lowest BCUT2D eigenvalue weighted by Crippen LogP contribution is -2.35. The number of amides is 1. The number of aromatic nitrogens is 2. The van der Waals surface area contributed by atoms with Gasteiger partial charge in [-0.3, -0.25) is 4.79 Å². The van der Waals surface area contributed by atoms with Gasteiger partial charge < -0.3 is 4.90 Å². The number of piperidine rings is 1. The molecule has 110 valence electrons. The minimum absolute atomic E-state index is 0.000573. The zero-order valence-electron chi connectivity index (χ0n) is 12.1. The van der Waals surface area contributed by atoms with E-state index in [9.17, 15) is 4.79 Å². The molecular weight excluding hydrogens is 286 g/mol. The maximum Gasteiger partial charge on any atom is 0.258 e. The molecule has 3 rings (SSSR count). The van der Waals surface area contributed by atoms with Crippen molar-refractivity contribution >= 4 is 17.5 Å². The molecule has 1 aromatic carbocycles. The van der Waals surface area contributed by atoms with E-state index in [0.29, 0.717) is 16.4 Å². The van der Waals surface area contributed by atoms with Crippen LogP contribution in [-0.2, 0) is 0 Å². The van der Waals surface area contributed by atoms with E-state index >= 15 is 0 Å². The summed E-state index contributed by atoms with van der Waals surface area (Å²) in [5.41, 5.74) is 2.07. The fraction of sp³-hybridized carbons (Fsp3) is 0.375. The molecule has 1 aliphatic rings. The van der Waals surface area contributed by atoms with Crippen LogP contribution in [0.4, 0.5) is 0 Å².